The topological polar surface area (TPSA) is 37.3 Å². The molecule has 0 saturated carbocycles. The number of rotatable bonds is 5. The molecule has 0 bridgehead atoms. The minimum Gasteiger partial charge on any atom is -0.314 e. The highest BCUT2D eigenvalue weighted by Crippen LogP contribution is 2.09. The molecule has 1 N–H and O–H groups in total. The fourth-order valence-corrected chi connectivity index (χ4v) is 2.61. The third-order valence-corrected chi connectivity index (χ3v) is 3.55. The van der Waals surface area contributed by atoms with E-state index in [1.807, 2.05) is 12.3 Å². The van der Waals surface area contributed by atoms with Gasteiger partial charge in [0.25, 0.3) is 5.56 Å². The van der Waals surface area contributed by atoms with E-state index in [1.54, 1.807) is 16.7 Å². The van der Waals surface area contributed by atoms with Gasteiger partial charge in [-0.2, -0.15) is 0 Å². The van der Waals surface area contributed by atoms with Crippen LogP contribution in [-0.4, -0.2) is 41.7 Å². The van der Waals surface area contributed by atoms with Crippen molar-refractivity contribution in [3.63, 3.8) is 0 Å². The second-order valence-corrected chi connectivity index (χ2v) is 4.93. The van der Waals surface area contributed by atoms with Gasteiger partial charge in [-0.05, 0) is 32.0 Å². The number of piperidine rings is 1. The van der Waals surface area contributed by atoms with Gasteiger partial charge in [0, 0.05) is 37.9 Å². The smallest absolute Gasteiger partial charge is 0.250 e. The van der Waals surface area contributed by atoms with Crippen LogP contribution < -0.4 is 10.9 Å². The van der Waals surface area contributed by atoms with Crippen LogP contribution in [0.5, 0.6) is 0 Å². The second-order valence-electron chi connectivity index (χ2n) is 4.93. The summed E-state index contributed by atoms with van der Waals surface area (Å²) in [6.07, 6.45) is 4.39. The van der Waals surface area contributed by atoms with E-state index in [4.69, 9.17) is 0 Å². The van der Waals surface area contributed by atoms with Crippen molar-refractivity contribution in [2.45, 2.75) is 32.4 Å². The Morgan fingerprint density at radius 1 is 1.39 bits per heavy atom. The number of hydrogen-bond acceptors (Lipinski definition) is 3. The minimum atomic E-state index is 0.0951. The molecule has 0 aromatic carbocycles. The Balaban J connectivity index is 1.83. The quantitative estimate of drug-likeness (QED) is 0.843. The Bertz CT molecular complexity index is 414. The molecule has 0 radical (unpaired) electrons. The van der Waals surface area contributed by atoms with Crippen molar-refractivity contribution < 1.29 is 0 Å². The molecule has 0 spiro atoms. The number of aromatic nitrogens is 1. The summed E-state index contributed by atoms with van der Waals surface area (Å²) in [6.45, 7) is 7.21. The van der Waals surface area contributed by atoms with E-state index in [0.717, 1.165) is 32.7 Å². The molecule has 0 amide bonds. The first-order valence-corrected chi connectivity index (χ1v) is 6.91. The number of hydrogen-bond donors (Lipinski definition) is 1. The number of pyridine rings is 1. The van der Waals surface area contributed by atoms with Crippen molar-refractivity contribution in [2.75, 3.05) is 26.2 Å². The molecule has 100 valence electrons. The molecular formula is C14H23N3O. The highest BCUT2D eigenvalue weighted by atomic mass is 16.1. The minimum absolute atomic E-state index is 0.0951. The van der Waals surface area contributed by atoms with E-state index >= 15 is 0 Å². The van der Waals surface area contributed by atoms with Crippen LogP contribution in [0.25, 0.3) is 0 Å². The number of likely N-dealkylation sites (N-methyl/N-ethyl adjacent to an activating group) is 1. The van der Waals surface area contributed by atoms with Gasteiger partial charge in [0.05, 0.1) is 0 Å². The van der Waals surface area contributed by atoms with Gasteiger partial charge in [-0.25, -0.2) is 0 Å². The van der Waals surface area contributed by atoms with Gasteiger partial charge in [0.2, 0.25) is 0 Å². The number of likely N-dealkylation sites (tertiary alicyclic amines) is 1. The lowest BCUT2D eigenvalue weighted by atomic mass is 10.1. The summed E-state index contributed by atoms with van der Waals surface area (Å²) < 4.78 is 1.79. The summed E-state index contributed by atoms with van der Waals surface area (Å²) in [7, 11) is 0. The largest absolute Gasteiger partial charge is 0.314 e. The molecule has 4 heteroatoms. The van der Waals surface area contributed by atoms with Crippen LogP contribution in [0.4, 0.5) is 0 Å². The summed E-state index contributed by atoms with van der Waals surface area (Å²) >= 11 is 0. The van der Waals surface area contributed by atoms with Crippen LogP contribution in [0.1, 0.15) is 19.8 Å². The zero-order valence-electron chi connectivity index (χ0n) is 11.1. The van der Waals surface area contributed by atoms with Gasteiger partial charge in [-0.1, -0.05) is 13.0 Å². The lowest BCUT2D eigenvalue weighted by Gasteiger charge is -2.33. The van der Waals surface area contributed by atoms with Gasteiger partial charge in [-0.3, -0.25) is 4.79 Å². The van der Waals surface area contributed by atoms with Gasteiger partial charge in [0.1, 0.15) is 0 Å². The Kier molecular flexibility index (Phi) is 4.96. The fourth-order valence-electron chi connectivity index (χ4n) is 2.61. The second kappa shape index (κ2) is 6.71. The van der Waals surface area contributed by atoms with Crippen molar-refractivity contribution in [3.8, 4) is 0 Å². The van der Waals surface area contributed by atoms with Crippen LogP contribution in [0.2, 0.25) is 0 Å². The van der Waals surface area contributed by atoms with Crippen molar-refractivity contribution in [1.82, 2.24) is 14.8 Å². The van der Waals surface area contributed by atoms with E-state index in [-0.39, 0.29) is 5.56 Å². The van der Waals surface area contributed by atoms with E-state index in [1.165, 1.54) is 12.8 Å². The molecule has 2 rings (SSSR count). The molecule has 18 heavy (non-hydrogen) atoms. The van der Waals surface area contributed by atoms with E-state index in [2.05, 4.69) is 17.1 Å². The zero-order chi connectivity index (χ0) is 12.8. The molecule has 2 heterocycles. The molecule has 1 saturated heterocycles. The SMILES string of the molecule is CCNC1CCCN(CCn2ccccc2=O)C1. The maximum Gasteiger partial charge on any atom is 0.250 e. The monoisotopic (exact) mass is 249 g/mol. The van der Waals surface area contributed by atoms with Gasteiger partial charge >= 0.3 is 0 Å². The maximum absolute atomic E-state index is 11.6. The third kappa shape index (κ3) is 3.68. The van der Waals surface area contributed by atoms with Crippen molar-refractivity contribution in [3.05, 3.63) is 34.7 Å². The van der Waals surface area contributed by atoms with Gasteiger partial charge < -0.3 is 14.8 Å². The van der Waals surface area contributed by atoms with Crippen LogP contribution in [0.15, 0.2) is 29.2 Å². The molecule has 1 aromatic rings. The van der Waals surface area contributed by atoms with Gasteiger partial charge in [0.15, 0.2) is 0 Å². The zero-order valence-corrected chi connectivity index (χ0v) is 11.1. The van der Waals surface area contributed by atoms with Crippen LogP contribution in [0, 0.1) is 0 Å². The average Bonchev–Trinajstić information content (AvgIpc) is 2.39. The maximum atomic E-state index is 11.6. The van der Waals surface area contributed by atoms with Crippen molar-refractivity contribution in [2.24, 2.45) is 0 Å². The summed E-state index contributed by atoms with van der Waals surface area (Å²) in [4.78, 5) is 14.0. The van der Waals surface area contributed by atoms with Crippen molar-refractivity contribution >= 4 is 0 Å². The predicted octanol–water partition coefficient (Wildman–Crippen LogP) is 0.922. The number of nitrogens with one attached hydrogen (secondary N) is 1. The predicted molar refractivity (Wildman–Crippen MR) is 73.8 cm³/mol. The molecule has 1 unspecified atom stereocenters. The standard InChI is InChI=1S/C14H23N3O/c1-2-15-13-6-5-8-16(12-13)10-11-17-9-4-3-7-14(17)18/h3-4,7,9,13,15H,2,5-6,8,10-12H2,1H3. The van der Waals surface area contributed by atoms with Crippen LogP contribution >= 0.6 is 0 Å². The normalized spacial score (nSPS) is 21.1. The molecule has 0 aliphatic carbocycles. The Hall–Kier alpha value is -1.13. The molecule has 1 aliphatic heterocycles. The highest BCUT2D eigenvalue weighted by Gasteiger charge is 2.18. The molecule has 1 atom stereocenters. The summed E-state index contributed by atoms with van der Waals surface area (Å²) in [6, 6.07) is 5.95. The Morgan fingerprint density at radius 2 is 2.28 bits per heavy atom. The highest BCUT2D eigenvalue weighted by molar-refractivity contribution is 4.93. The van der Waals surface area contributed by atoms with Crippen LogP contribution in [-0.2, 0) is 6.54 Å². The summed E-state index contributed by atoms with van der Waals surface area (Å²) in [5, 5.41) is 3.51. The van der Waals surface area contributed by atoms with E-state index in [9.17, 15) is 4.79 Å². The molecular weight excluding hydrogens is 226 g/mol. The number of nitrogens with zero attached hydrogens (tertiary/aromatic N) is 2. The van der Waals surface area contributed by atoms with Crippen molar-refractivity contribution in [1.29, 1.82) is 0 Å². The van der Waals surface area contributed by atoms with E-state index in [0.29, 0.717) is 6.04 Å². The molecule has 4 nitrogen and oxygen atoms in total. The third-order valence-electron chi connectivity index (χ3n) is 3.55. The first-order valence-electron chi connectivity index (χ1n) is 6.91. The molecule has 1 fully saturated rings. The lowest BCUT2D eigenvalue weighted by molar-refractivity contribution is 0.185. The fraction of sp³-hybridized carbons (Fsp3) is 0.643. The summed E-state index contributed by atoms with van der Waals surface area (Å²) in [5.74, 6) is 0. The molecule has 1 aromatic heterocycles. The Labute approximate surface area is 109 Å². The van der Waals surface area contributed by atoms with Gasteiger partial charge in [-0.15, -0.1) is 0 Å². The first-order chi connectivity index (χ1) is 8.79. The summed E-state index contributed by atoms with van der Waals surface area (Å²) in [5.41, 5.74) is 0.0951. The van der Waals surface area contributed by atoms with Crippen LogP contribution in [0.3, 0.4) is 0 Å². The molecule has 1 aliphatic rings. The first kappa shape index (κ1) is 13.3. The Morgan fingerprint density at radius 3 is 3.06 bits per heavy atom. The van der Waals surface area contributed by atoms with E-state index < -0.39 is 0 Å². The lowest BCUT2D eigenvalue weighted by Crippen LogP contribution is -2.46. The average molecular weight is 249 g/mol.